The van der Waals surface area contributed by atoms with Crippen LogP contribution in [0.2, 0.25) is 0 Å². The van der Waals surface area contributed by atoms with E-state index in [1.807, 2.05) is 30.5 Å². The van der Waals surface area contributed by atoms with Crippen LogP contribution in [0.3, 0.4) is 0 Å². The molecule has 1 atom stereocenters. The first-order valence-corrected chi connectivity index (χ1v) is 7.69. The minimum atomic E-state index is -1.01. The Labute approximate surface area is 108 Å². The van der Waals surface area contributed by atoms with E-state index < -0.39 is 10.8 Å². The summed E-state index contributed by atoms with van der Waals surface area (Å²) in [5.74, 6) is 0.629. The quantitative estimate of drug-likeness (QED) is 0.864. The fourth-order valence-corrected chi connectivity index (χ4v) is 3.59. The Kier molecular flexibility index (Phi) is 3.97. The van der Waals surface area contributed by atoms with Crippen LogP contribution in [-0.4, -0.2) is 9.96 Å². The summed E-state index contributed by atoms with van der Waals surface area (Å²) in [6.45, 7) is 1.94. The van der Waals surface area contributed by atoms with E-state index in [0.717, 1.165) is 16.9 Å². The van der Waals surface area contributed by atoms with Gasteiger partial charge in [0.15, 0.2) is 0 Å². The first-order chi connectivity index (χ1) is 8.18. The molecule has 1 heterocycles. The highest BCUT2D eigenvalue weighted by molar-refractivity contribution is 7.85. The highest BCUT2D eigenvalue weighted by Crippen LogP contribution is 2.21. The Morgan fingerprint density at radius 3 is 2.88 bits per heavy atom. The van der Waals surface area contributed by atoms with Crippen LogP contribution in [0.1, 0.15) is 11.1 Å². The Bertz CT molecular complexity index is 520. The van der Waals surface area contributed by atoms with Gasteiger partial charge in [-0.15, -0.1) is 0 Å². The Balaban J connectivity index is 2.07. The number of anilines is 1. The Morgan fingerprint density at radius 2 is 2.18 bits per heavy atom. The topological polar surface area (TPSA) is 43.1 Å². The number of hydrogen-bond acceptors (Lipinski definition) is 3. The molecule has 0 aliphatic rings. The summed E-state index contributed by atoms with van der Waals surface area (Å²) in [5.41, 5.74) is 8.84. The second-order valence-corrected chi connectivity index (χ2v) is 6.24. The monoisotopic (exact) mass is 265 g/mol. The first-order valence-electron chi connectivity index (χ1n) is 5.43. The molecule has 1 aromatic carbocycles. The molecule has 0 aliphatic carbocycles. The van der Waals surface area contributed by atoms with Gasteiger partial charge >= 0.3 is 0 Å². The zero-order valence-electron chi connectivity index (χ0n) is 9.68. The molecule has 0 amide bonds. The molecule has 0 spiro atoms. The minimum Gasteiger partial charge on any atom is -0.398 e. The molecular weight excluding hydrogens is 250 g/mol. The standard InChI is InChI=1S/C13H15NOS2/c1-10-3-2-4-12(13(10)14)17(15)8-6-11-5-7-16-9-11/h2-5,7,9H,6,8,14H2,1H3. The lowest BCUT2D eigenvalue weighted by atomic mass is 10.2. The fourth-order valence-electron chi connectivity index (χ4n) is 1.61. The van der Waals surface area contributed by atoms with Gasteiger partial charge in [0, 0.05) is 5.75 Å². The average molecular weight is 265 g/mol. The number of thiophene rings is 1. The van der Waals surface area contributed by atoms with Crippen molar-refractivity contribution in [2.75, 3.05) is 11.5 Å². The fraction of sp³-hybridized carbons (Fsp3) is 0.231. The van der Waals surface area contributed by atoms with Crippen LogP contribution in [0.15, 0.2) is 39.9 Å². The minimum absolute atomic E-state index is 0.629. The molecule has 0 fully saturated rings. The van der Waals surface area contributed by atoms with Gasteiger partial charge in [-0.05, 0) is 47.4 Å². The second kappa shape index (κ2) is 5.47. The Hall–Kier alpha value is -1.13. The molecule has 2 aromatic rings. The van der Waals surface area contributed by atoms with Crippen molar-refractivity contribution < 1.29 is 4.21 Å². The maximum atomic E-state index is 12.1. The summed E-state index contributed by atoms with van der Waals surface area (Å²) in [7, 11) is -1.01. The normalized spacial score (nSPS) is 12.5. The van der Waals surface area contributed by atoms with Gasteiger partial charge in [0.1, 0.15) is 0 Å². The molecular formula is C13H15NOS2. The van der Waals surface area contributed by atoms with Crippen molar-refractivity contribution in [3.63, 3.8) is 0 Å². The third kappa shape index (κ3) is 2.96. The van der Waals surface area contributed by atoms with Crippen molar-refractivity contribution in [2.24, 2.45) is 0 Å². The van der Waals surface area contributed by atoms with Crippen molar-refractivity contribution in [2.45, 2.75) is 18.2 Å². The van der Waals surface area contributed by atoms with Crippen molar-refractivity contribution in [3.8, 4) is 0 Å². The molecule has 90 valence electrons. The number of aryl methyl sites for hydroxylation is 2. The molecule has 0 saturated heterocycles. The van der Waals surface area contributed by atoms with Crippen LogP contribution in [0.5, 0.6) is 0 Å². The SMILES string of the molecule is Cc1cccc(S(=O)CCc2ccsc2)c1N. The summed E-state index contributed by atoms with van der Waals surface area (Å²) in [6.07, 6.45) is 0.837. The summed E-state index contributed by atoms with van der Waals surface area (Å²) in [6, 6.07) is 7.77. The van der Waals surface area contributed by atoms with E-state index in [1.165, 1.54) is 5.56 Å². The van der Waals surface area contributed by atoms with Gasteiger partial charge in [-0.1, -0.05) is 12.1 Å². The zero-order valence-corrected chi connectivity index (χ0v) is 11.3. The Morgan fingerprint density at radius 1 is 1.35 bits per heavy atom. The van der Waals surface area contributed by atoms with E-state index in [9.17, 15) is 4.21 Å². The summed E-state index contributed by atoms with van der Waals surface area (Å²) in [4.78, 5) is 0.764. The lowest BCUT2D eigenvalue weighted by Gasteiger charge is -2.07. The molecule has 0 saturated carbocycles. The third-order valence-corrected chi connectivity index (χ3v) is 4.84. The highest BCUT2D eigenvalue weighted by atomic mass is 32.2. The van der Waals surface area contributed by atoms with Crippen molar-refractivity contribution >= 4 is 27.8 Å². The largest absolute Gasteiger partial charge is 0.398 e. The van der Waals surface area contributed by atoms with Crippen LogP contribution in [0.4, 0.5) is 5.69 Å². The second-order valence-electron chi connectivity index (χ2n) is 3.92. The number of nitrogens with two attached hydrogens (primary N) is 1. The molecule has 4 heteroatoms. The lowest BCUT2D eigenvalue weighted by Crippen LogP contribution is -2.05. The average Bonchev–Trinajstić information content (AvgIpc) is 2.82. The summed E-state index contributed by atoms with van der Waals surface area (Å²) >= 11 is 1.67. The molecule has 2 N–H and O–H groups in total. The maximum absolute atomic E-state index is 12.1. The van der Waals surface area contributed by atoms with Gasteiger partial charge in [-0.25, -0.2) is 0 Å². The number of hydrogen-bond donors (Lipinski definition) is 1. The van der Waals surface area contributed by atoms with Crippen molar-refractivity contribution in [1.82, 2.24) is 0 Å². The molecule has 0 aliphatic heterocycles. The number of para-hydroxylation sites is 1. The van der Waals surface area contributed by atoms with Gasteiger partial charge in [-0.3, -0.25) is 4.21 Å². The van der Waals surface area contributed by atoms with Crippen LogP contribution < -0.4 is 5.73 Å². The van der Waals surface area contributed by atoms with E-state index in [2.05, 4.69) is 11.4 Å². The molecule has 2 nitrogen and oxygen atoms in total. The smallest absolute Gasteiger partial charge is 0.0620 e. The van der Waals surface area contributed by atoms with E-state index >= 15 is 0 Å². The van der Waals surface area contributed by atoms with Gasteiger partial charge in [0.2, 0.25) is 0 Å². The van der Waals surface area contributed by atoms with Gasteiger partial charge < -0.3 is 5.73 Å². The van der Waals surface area contributed by atoms with E-state index in [-0.39, 0.29) is 0 Å². The van der Waals surface area contributed by atoms with Crippen LogP contribution in [0.25, 0.3) is 0 Å². The molecule has 0 radical (unpaired) electrons. The highest BCUT2D eigenvalue weighted by Gasteiger charge is 2.09. The predicted molar refractivity (Wildman–Crippen MR) is 74.9 cm³/mol. The number of nitrogen functional groups attached to an aromatic ring is 1. The summed E-state index contributed by atoms with van der Waals surface area (Å²) < 4.78 is 12.1. The predicted octanol–water partition coefficient (Wildman–Crippen LogP) is 2.99. The number of rotatable bonds is 4. The zero-order chi connectivity index (χ0) is 12.3. The molecule has 0 bridgehead atoms. The van der Waals surface area contributed by atoms with Gasteiger partial charge in [0.25, 0.3) is 0 Å². The first kappa shape index (κ1) is 12.3. The lowest BCUT2D eigenvalue weighted by molar-refractivity contribution is 0.682. The maximum Gasteiger partial charge on any atom is 0.0620 e. The van der Waals surface area contributed by atoms with Gasteiger partial charge in [0.05, 0.1) is 21.4 Å². The van der Waals surface area contributed by atoms with Crippen molar-refractivity contribution in [1.29, 1.82) is 0 Å². The van der Waals surface area contributed by atoms with Crippen LogP contribution in [-0.2, 0) is 17.2 Å². The molecule has 17 heavy (non-hydrogen) atoms. The van der Waals surface area contributed by atoms with Crippen LogP contribution >= 0.6 is 11.3 Å². The summed E-state index contributed by atoms with van der Waals surface area (Å²) in [5, 5.41) is 4.14. The van der Waals surface area contributed by atoms with E-state index in [1.54, 1.807) is 11.3 Å². The number of benzene rings is 1. The molecule has 1 unspecified atom stereocenters. The van der Waals surface area contributed by atoms with E-state index in [0.29, 0.717) is 11.4 Å². The molecule has 2 rings (SSSR count). The third-order valence-electron chi connectivity index (χ3n) is 2.69. The molecule has 1 aromatic heterocycles. The van der Waals surface area contributed by atoms with Crippen LogP contribution in [0, 0.1) is 6.92 Å². The van der Waals surface area contributed by atoms with Crippen molar-refractivity contribution in [3.05, 3.63) is 46.2 Å². The van der Waals surface area contributed by atoms with E-state index in [4.69, 9.17) is 5.73 Å². The van der Waals surface area contributed by atoms with Gasteiger partial charge in [-0.2, -0.15) is 11.3 Å².